The van der Waals surface area contributed by atoms with Crippen molar-refractivity contribution in [2.45, 2.75) is 33.2 Å². The van der Waals surface area contributed by atoms with E-state index >= 15 is 0 Å². The van der Waals surface area contributed by atoms with Crippen molar-refractivity contribution in [1.29, 1.82) is 0 Å². The van der Waals surface area contributed by atoms with Crippen LogP contribution in [0.2, 0.25) is 5.02 Å². The van der Waals surface area contributed by atoms with Crippen LogP contribution in [0.1, 0.15) is 23.6 Å². The fourth-order valence-corrected chi connectivity index (χ4v) is 3.07. The highest BCUT2D eigenvalue weighted by Crippen LogP contribution is 2.36. The maximum atomic E-state index is 6.46. The Morgan fingerprint density at radius 1 is 1.19 bits per heavy atom. The summed E-state index contributed by atoms with van der Waals surface area (Å²) in [6, 6.07) is 12.6. The average molecular weight is 303 g/mol. The fraction of sp³-hybridized carbons (Fsp3) is 0.333. The summed E-state index contributed by atoms with van der Waals surface area (Å²) in [5.74, 6) is 0. The molecule has 2 N–H and O–H groups in total. The van der Waals surface area contributed by atoms with Gasteiger partial charge in [-0.15, -0.1) is 0 Å². The zero-order chi connectivity index (χ0) is 15.6. The third kappa shape index (κ3) is 3.58. The normalized spacial score (nSPS) is 12.3. The van der Waals surface area contributed by atoms with E-state index in [9.17, 15) is 0 Å². The third-order valence-corrected chi connectivity index (χ3v) is 3.97. The predicted octanol–water partition coefficient (Wildman–Crippen LogP) is 4.61. The van der Waals surface area contributed by atoms with Gasteiger partial charge in [0, 0.05) is 18.8 Å². The molecule has 2 aromatic rings. The zero-order valence-electron chi connectivity index (χ0n) is 13.2. The maximum absolute atomic E-state index is 6.46. The van der Waals surface area contributed by atoms with Crippen LogP contribution in [0, 0.1) is 13.8 Å². The summed E-state index contributed by atoms with van der Waals surface area (Å²) in [5, 5.41) is 0.760. The van der Waals surface area contributed by atoms with Crippen molar-refractivity contribution in [3.8, 4) is 0 Å². The molecule has 0 spiro atoms. The van der Waals surface area contributed by atoms with Gasteiger partial charge in [-0.1, -0.05) is 41.4 Å². The zero-order valence-corrected chi connectivity index (χ0v) is 13.9. The molecule has 0 aliphatic heterocycles. The van der Waals surface area contributed by atoms with Gasteiger partial charge in [0.2, 0.25) is 0 Å². The largest absolute Gasteiger partial charge is 0.343 e. The van der Waals surface area contributed by atoms with E-state index in [-0.39, 0.29) is 6.04 Å². The molecular weight excluding hydrogens is 280 g/mol. The molecule has 3 heteroatoms. The molecule has 0 heterocycles. The van der Waals surface area contributed by atoms with Crippen molar-refractivity contribution >= 4 is 23.0 Å². The lowest BCUT2D eigenvalue weighted by atomic mass is 10.0. The number of hydrogen-bond donors (Lipinski definition) is 1. The summed E-state index contributed by atoms with van der Waals surface area (Å²) in [7, 11) is 2.06. The highest BCUT2D eigenvalue weighted by Gasteiger charge is 2.15. The van der Waals surface area contributed by atoms with Crippen LogP contribution in [0.25, 0.3) is 0 Å². The van der Waals surface area contributed by atoms with E-state index in [0.717, 1.165) is 17.1 Å². The van der Waals surface area contributed by atoms with Crippen molar-refractivity contribution < 1.29 is 0 Å². The number of rotatable bonds is 4. The first kappa shape index (κ1) is 15.9. The second-order valence-corrected chi connectivity index (χ2v) is 6.19. The Hall–Kier alpha value is -1.51. The first-order valence-electron chi connectivity index (χ1n) is 7.24. The lowest BCUT2D eigenvalue weighted by Gasteiger charge is -2.26. The van der Waals surface area contributed by atoms with Crippen LogP contribution in [-0.2, 0) is 6.42 Å². The van der Waals surface area contributed by atoms with Gasteiger partial charge in [0.15, 0.2) is 0 Å². The highest BCUT2D eigenvalue weighted by atomic mass is 35.5. The van der Waals surface area contributed by atoms with Gasteiger partial charge in [-0.05, 0) is 50.5 Å². The van der Waals surface area contributed by atoms with Gasteiger partial charge in [0.25, 0.3) is 0 Å². The van der Waals surface area contributed by atoms with Gasteiger partial charge >= 0.3 is 0 Å². The van der Waals surface area contributed by atoms with Gasteiger partial charge in [0.1, 0.15) is 0 Å². The van der Waals surface area contributed by atoms with E-state index in [1.807, 2.05) is 19.1 Å². The molecule has 0 aromatic heterocycles. The summed E-state index contributed by atoms with van der Waals surface area (Å²) < 4.78 is 0. The second-order valence-electron chi connectivity index (χ2n) is 5.78. The summed E-state index contributed by atoms with van der Waals surface area (Å²) in [6.07, 6.45) is 0.811. The molecule has 1 unspecified atom stereocenters. The summed E-state index contributed by atoms with van der Waals surface area (Å²) in [5.41, 5.74) is 11.9. The minimum atomic E-state index is 0.106. The smallest absolute Gasteiger partial charge is 0.0645 e. The number of anilines is 2. The van der Waals surface area contributed by atoms with Crippen LogP contribution in [0.4, 0.5) is 11.4 Å². The number of hydrogen-bond acceptors (Lipinski definition) is 2. The Balaban J connectivity index is 2.49. The Morgan fingerprint density at radius 2 is 1.90 bits per heavy atom. The van der Waals surface area contributed by atoms with Crippen LogP contribution in [0.3, 0.4) is 0 Å². The molecule has 0 aliphatic rings. The number of benzene rings is 2. The molecule has 112 valence electrons. The molecule has 0 saturated heterocycles. The number of halogens is 1. The quantitative estimate of drug-likeness (QED) is 0.893. The standard InChI is InChI=1S/C18H23ClN2/c1-12-8-9-17(13(2)10-12)21(4)18-15(11-14(3)20)6-5-7-16(18)19/h5-10,14H,11,20H2,1-4H3. The van der Waals surface area contributed by atoms with Crippen LogP contribution < -0.4 is 10.6 Å². The monoisotopic (exact) mass is 302 g/mol. The maximum Gasteiger partial charge on any atom is 0.0645 e. The highest BCUT2D eigenvalue weighted by molar-refractivity contribution is 6.33. The molecular formula is C18H23ClN2. The van der Waals surface area contributed by atoms with Gasteiger partial charge in [0.05, 0.1) is 10.7 Å². The van der Waals surface area contributed by atoms with E-state index in [0.29, 0.717) is 0 Å². The van der Waals surface area contributed by atoms with Gasteiger partial charge in [-0.3, -0.25) is 0 Å². The molecule has 21 heavy (non-hydrogen) atoms. The Morgan fingerprint density at radius 3 is 2.52 bits per heavy atom. The minimum absolute atomic E-state index is 0.106. The third-order valence-electron chi connectivity index (χ3n) is 3.66. The topological polar surface area (TPSA) is 29.3 Å². The summed E-state index contributed by atoms with van der Waals surface area (Å²) in [4.78, 5) is 2.16. The number of para-hydroxylation sites is 1. The van der Waals surface area contributed by atoms with Crippen LogP contribution >= 0.6 is 11.6 Å². The molecule has 2 rings (SSSR count). The molecule has 0 amide bonds. The second kappa shape index (κ2) is 6.50. The molecule has 1 atom stereocenters. The van der Waals surface area contributed by atoms with Crippen LogP contribution in [0.15, 0.2) is 36.4 Å². The Labute approximate surface area is 132 Å². The molecule has 2 nitrogen and oxygen atoms in total. The lowest BCUT2D eigenvalue weighted by Crippen LogP contribution is -2.21. The number of nitrogens with zero attached hydrogens (tertiary/aromatic N) is 1. The van der Waals surface area contributed by atoms with Gasteiger partial charge in [-0.2, -0.15) is 0 Å². The molecule has 0 aliphatic carbocycles. The number of nitrogens with two attached hydrogens (primary N) is 1. The van der Waals surface area contributed by atoms with Gasteiger partial charge < -0.3 is 10.6 Å². The fourth-order valence-electron chi connectivity index (χ4n) is 2.75. The SMILES string of the molecule is Cc1ccc(N(C)c2c(Cl)cccc2CC(C)N)c(C)c1. The lowest BCUT2D eigenvalue weighted by molar-refractivity contribution is 0.737. The van der Waals surface area contributed by atoms with Crippen LogP contribution in [0.5, 0.6) is 0 Å². The number of aryl methyl sites for hydroxylation is 2. The molecule has 0 saturated carbocycles. The van der Waals surface area contributed by atoms with Crippen molar-refractivity contribution in [3.63, 3.8) is 0 Å². The van der Waals surface area contributed by atoms with Gasteiger partial charge in [-0.25, -0.2) is 0 Å². The molecule has 2 aromatic carbocycles. The van der Waals surface area contributed by atoms with Crippen molar-refractivity contribution in [2.75, 3.05) is 11.9 Å². The van der Waals surface area contributed by atoms with Crippen molar-refractivity contribution in [1.82, 2.24) is 0 Å². The minimum Gasteiger partial charge on any atom is -0.343 e. The van der Waals surface area contributed by atoms with Crippen molar-refractivity contribution in [2.24, 2.45) is 5.73 Å². The Bertz CT molecular complexity index is 635. The molecule has 0 radical (unpaired) electrons. The molecule has 0 fully saturated rings. The summed E-state index contributed by atoms with van der Waals surface area (Å²) in [6.45, 7) is 6.25. The first-order valence-corrected chi connectivity index (χ1v) is 7.62. The summed E-state index contributed by atoms with van der Waals surface area (Å²) >= 11 is 6.46. The first-order chi connectivity index (χ1) is 9.90. The van der Waals surface area contributed by atoms with E-state index in [1.54, 1.807) is 0 Å². The predicted molar refractivity (Wildman–Crippen MR) is 92.8 cm³/mol. The van der Waals surface area contributed by atoms with Crippen molar-refractivity contribution in [3.05, 3.63) is 58.1 Å². The van der Waals surface area contributed by atoms with Crippen LogP contribution in [-0.4, -0.2) is 13.1 Å². The van der Waals surface area contributed by atoms with E-state index in [2.05, 4.69) is 50.1 Å². The molecule has 0 bridgehead atoms. The van der Waals surface area contributed by atoms with E-state index < -0.39 is 0 Å². The van der Waals surface area contributed by atoms with E-state index in [4.69, 9.17) is 17.3 Å². The van der Waals surface area contributed by atoms with E-state index in [1.165, 1.54) is 22.4 Å². The Kier molecular flexibility index (Phi) is 4.92. The average Bonchev–Trinajstić information content (AvgIpc) is 2.37.